The molecule has 5 heteroatoms. The Morgan fingerprint density at radius 3 is 2.96 bits per heavy atom. The Balaban J connectivity index is 1.46. The highest BCUT2D eigenvalue weighted by Gasteiger charge is 2.53. The smallest absolute Gasteiger partial charge is 0.254 e. The van der Waals surface area contributed by atoms with Gasteiger partial charge in [-0.05, 0) is 25.7 Å². The van der Waals surface area contributed by atoms with Crippen molar-refractivity contribution >= 4 is 5.91 Å². The molecule has 2 heterocycles. The lowest BCUT2D eigenvalue weighted by atomic mass is 9.65. The Kier molecular flexibility index (Phi) is 4.14. The van der Waals surface area contributed by atoms with Gasteiger partial charge in [0.15, 0.2) is 0 Å². The van der Waals surface area contributed by atoms with Crippen LogP contribution in [0.15, 0.2) is 6.20 Å². The van der Waals surface area contributed by atoms with Crippen LogP contribution >= 0.6 is 0 Å². The molecule has 2 saturated carbocycles. The number of aromatic nitrogens is 2. The van der Waals surface area contributed by atoms with Crippen molar-refractivity contribution in [3.05, 3.63) is 17.5 Å². The van der Waals surface area contributed by atoms with Crippen molar-refractivity contribution in [3.8, 4) is 0 Å². The Hall–Kier alpha value is -1.36. The molecule has 5 nitrogen and oxygen atoms in total. The highest BCUT2D eigenvalue weighted by Crippen LogP contribution is 2.45. The van der Waals surface area contributed by atoms with Gasteiger partial charge in [0, 0.05) is 30.4 Å². The Bertz CT molecular complexity index is 564. The van der Waals surface area contributed by atoms with Crippen molar-refractivity contribution in [1.82, 2.24) is 15.5 Å². The summed E-state index contributed by atoms with van der Waals surface area (Å²) in [5, 5.41) is 10.6. The minimum atomic E-state index is 0.0492. The van der Waals surface area contributed by atoms with Gasteiger partial charge in [0.25, 0.3) is 5.91 Å². The van der Waals surface area contributed by atoms with Crippen LogP contribution in [0.2, 0.25) is 0 Å². The first-order valence-corrected chi connectivity index (χ1v) is 9.25. The van der Waals surface area contributed by atoms with Gasteiger partial charge in [-0.1, -0.05) is 26.2 Å². The zero-order valence-electron chi connectivity index (χ0n) is 13.9. The van der Waals surface area contributed by atoms with E-state index in [1.807, 2.05) is 0 Å². The molecular formula is C18H27N3O2. The van der Waals surface area contributed by atoms with Crippen LogP contribution in [0.1, 0.15) is 73.8 Å². The van der Waals surface area contributed by atoms with Crippen LogP contribution in [0, 0.1) is 11.8 Å². The fourth-order valence-corrected chi connectivity index (χ4v) is 4.94. The molecular weight excluding hydrogens is 290 g/mol. The Labute approximate surface area is 137 Å². The molecule has 3 fully saturated rings. The Morgan fingerprint density at radius 1 is 1.35 bits per heavy atom. The zero-order valence-corrected chi connectivity index (χ0v) is 13.9. The number of nitrogens with one attached hydrogen (secondary N) is 2. The van der Waals surface area contributed by atoms with Crippen molar-refractivity contribution in [2.75, 3.05) is 6.61 Å². The highest BCUT2D eigenvalue weighted by atomic mass is 16.5. The summed E-state index contributed by atoms with van der Waals surface area (Å²) >= 11 is 0. The minimum absolute atomic E-state index is 0.0492. The number of ether oxygens (including phenoxy) is 1. The van der Waals surface area contributed by atoms with Crippen LogP contribution < -0.4 is 5.32 Å². The lowest BCUT2D eigenvalue weighted by Crippen LogP contribution is -2.61. The van der Waals surface area contributed by atoms with E-state index in [9.17, 15) is 4.79 Å². The van der Waals surface area contributed by atoms with Gasteiger partial charge in [-0.3, -0.25) is 9.89 Å². The number of nitrogens with zero attached hydrogens (tertiary/aromatic N) is 1. The second-order valence-corrected chi connectivity index (χ2v) is 7.39. The first kappa shape index (κ1) is 15.2. The van der Waals surface area contributed by atoms with Crippen molar-refractivity contribution in [3.63, 3.8) is 0 Å². The van der Waals surface area contributed by atoms with E-state index in [1.165, 1.54) is 32.1 Å². The van der Waals surface area contributed by atoms with Crippen LogP contribution in [-0.2, 0) is 4.74 Å². The molecule has 1 aromatic heterocycles. The molecule has 0 spiro atoms. The number of rotatable bonds is 4. The maximum atomic E-state index is 12.8. The summed E-state index contributed by atoms with van der Waals surface area (Å²) in [4.78, 5) is 12.8. The number of carbonyl (C=O) groups excluding carboxylic acids is 1. The second-order valence-electron chi connectivity index (χ2n) is 7.39. The van der Waals surface area contributed by atoms with Gasteiger partial charge in [-0.25, -0.2) is 0 Å². The van der Waals surface area contributed by atoms with Gasteiger partial charge in [0.2, 0.25) is 0 Å². The zero-order chi connectivity index (χ0) is 15.8. The fraction of sp³-hybridized carbons (Fsp3) is 0.778. The van der Waals surface area contributed by atoms with Crippen molar-refractivity contribution in [2.45, 2.75) is 69.9 Å². The van der Waals surface area contributed by atoms with Gasteiger partial charge in [-0.2, -0.15) is 5.10 Å². The molecule has 1 saturated heterocycles. The van der Waals surface area contributed by atoms with E-state index < -0.39 is 0 Å². The minimum Gasteiger partial charge on any atom is -0.377 e. The number of fused-ring (bicyclic) bond motifs is 1. The fourth-order valence-electron chi connectivity index (χ4n) is 4.94. The second kappa shape index (κ2) is 6.27. The maximum absolute atomic E-state index is 12.8. The van der Waals surface area contributed by atoms with Gasteiger partial charge in [0.1, 0.15) is 0 Å². The highest BCUT2D eigenvalue weighted by molar-refractivity contribution is 5.95. The third kappa shape index (κ3) is 2.59. The average molecular weight is 317 g/mol. The number of amides is 1. The molecule has 3 aliphatic rings. The largest absolute Gasteiger partial charge is 0.377 e. The standard InChI is InChI=1S/C18H27N3O2/c1-2-12-16(13-8-9-23-17(12)13)20-18(22)14-10-19-21-15(14)11-6-4-3-5-7-11/h10-13,16-17H,2-9H2,1H3,(H,19,21)(H,20,22)/t12-,13+,16-,17-/m1/s1. The van der Waals surface area contributed by atoms with E-state index in [4.69, 9.17) is 4.74 Å². The molecule has 4 atom stereocenters. The predicted octanol–water partition coefficient (Wildman–Crippen LogP) is 3.00. The molecule has 2 aliphatic carbocycles. The maximum Gasteiger partial charge on any atom is 0.254 e. The van der Waals surface area contributed by atoms with Crippen LogP contribution in [0.25, 0.3) is 0 Å². The Morgan fingerprint density at radius 2 is 2.17 bits per heavy atom. The summed E-state index contributed by atoms with van der Waals surface area (Å²) in [6.45, 7) is 3.03. The molecule has 1 aromatic rings. The number of aromatic amines is 1. The molecule has 0 unspecified atom stereocenters. The molecule has 23 heavy (non-hydrogen) atoms. The van der Waals surface area contributed by atoms with Crippen LogP contribution in [0.3, 0.4) is 0 Å². The predicted molar refractivity (Wildman–Crippen MR) is 87.3 cm³/mol. The van der Waals surface area contributed by atoms with Crippen LogP contribution in [0.4, 0.5) is 0 Å². The summed E-state index contributed by atoms with van der Waals surface area (Å²) < 4.78 is 5.81. The van der Waals surface area contributed by atoms with Crippen molar-refractivity contribution in [1.29, 1.82) is 0 Å². The summed E-state index contributed by atoms with van der Waals surface area (Å²) in [7, 11) is 0. The van der Waals surface area contributed by atoms with Crippen LogP contribution in [0.5, 0.6) is 0 Å². The normalized spacial score (nSPS) is 34.0. The van der Waals surface area contributed by atoms with E-state index in [2.05, 4.69) is 22.4 Å². The van der Waals surface area contributed by atoms with Crippen molar-refractivity contribution < 1.29 is 9.53 Å². The molecule has 2 N–H and O–H groups in total. The summed E-state index contributed by atoms with van der Waals surface area (Å²) in [6, 6.07) is 0.272. The molecule has 0 bridgehead atoms. The average Bonchev–Trinajstić information content (AvgIpc) is 3.21. The molecule has 1 amide bonds. The third-order valence-corrected chi connectivity index (χ3v) is 6.22. The van der Waals surface area contributed by atoms with E-state index in [-0.39, 0.29) is 11.9 Å². The van der Waals surface area contributed by atoms with E-state index in [0.717, 1.165) is 30.7 Å². The van der Waals surface area contributed by atoms with Crippen molar-refractivity contribution in [2.24, 2.45) is 11.8 Å². The van der Waals surface area contributed by atoms with Gasteiger partial charge >= 0.3 is 0 Å². The van der Waals surface area contributed by atoms with Crippen LogP contribution in [-0.4, -0.2) is 34.9 Å². The molecule has 0 radical (unpaired) electrons. The molecule has 1 aliphatic heterocycles. The summed E-state index contributed by atoms with van der Waals surface area (Å²) in [5.41, 5.74) is 1.81. The molecule has 4 rings (SSSR count). The number of hydrogen-bond acceptors (Lipinski definition) is 3. The van der Waals surface area contributed by atoms with E-state index in [1.54, 1.807) is 6.20 Å². The first-order chi connectivity index (χ1) is 11.3. The van der Waals surface area contributed by atoms with Gasteiger partial charge in [0.05, 0.1) is 23.6 Å². The lowest BCUT2D eigenvalue weighted by Gasteiger charge is -2.47. The number of hydrogen-bond donors (Lipinski definition) is 2. The molecule has 126 valence electrons. The van der Waals surface area contributed by atoms with Gasteiger partial charge in [-0.15, -0.1) is 0 Å². The summed E-state index contributed by atoms with van der Waals surface area (Å²) in [6.07, 6.45) is 10.4. The monoisotopic (exact) mass is 317 g/mol. The molecule has 0 aromatic carbocycles. The first-order valence-electron chi connectivity index (χ1n) is 9.25. The summed E-state index contributed by atoms with van der Waals surface area (Å²) in [5.74, 6) is 1.50. The SMILES string of the molecule is CC[C@@H]1[C@@H](NC(=O)c2cn[nH]c2C2CCCCC2)[C@@H]2CCO[C@H]12. The van der Waals surface area contributed by atoms with E-state index in [0.29, 0.717) is 23.9 Å². The number of H-pyrrole nitrogens is 1. The lowest BCUT2D eigenvalue weighted by molar-refractivity contribution is -0.0545. The number of carbonyl (C=O) groups is 1. The van der Waals surface area contributed by atoms with Gasteiger partial charge < -0.3 is 10.1 Å². The topological polar surface area (TPSA) is 67.0 Å². The van der Waals surface area contributed by atoms with E-state index >= 15 is 0 Å². The quantitative estimate of drug-likeness (QED) is 0.897. The third-order valence-electron chi connectivity index (χ3n) is 6.22.